The minimum Gasteiger partial charge on any atom is -0.447 e. The summed E-state index contributed by atoms with van der Waals surface area (Å²) >= 11 is 0. The molecule has 4 nitrogen and oxygen atoms in total. The fraction of sp³-hybridized carbons (Fsp3) is 0.368. The van der Waals surface area contributed by atoms with E-state index in [0.29, 0.717) is 12.1 Å². The van der Waals surface area contributed by atoms with Crippen LogP contribution in [0.3, 0.4) is 0 Å². The second-order valence-electron chi connectivity index (χ2n) is 6.19. The molecule has 0 saturated carbocycles. The highest BCUT2D eigenvalue weighted by molar-refractivity contribution is 6.02. The largest absolute Gasteiger partial charge is 0.447 e. The smallest absolute Gasteiger partial charge is 0.411 e. The first-order valence-corrected chi connectivity index (χ1v) is 7.89. The van der Waals surface area contributed by atoms with Crippen molar-refractivity contribution in [3.8, 4) is 0 Å². The molecular weight excluding hydrogens is 290 g/mol. The van der Waals surface area contributed by atoms with Crippen LogP contribution in [0.25, 0.3) is 10.8 Å². The zero-order chi connectivity index (χ0) is 17.0. The number of amides is 1. The molecule has 0 bridgehead atoms. The average Bonchev–Trinajstić information content (AvgIpc) is 2.47. The Kier molecular flexibility index (Phi) is 5.37. The summed E-state index contributed by atoms with van der Waals surface area (Å²) in [6.45, 7) is 7.42. The Morgan fingerprint density at radius 2 is 1.65 bits per heavy atom. The SMILES string of the molecule is CC(C)OC(=O)Nc1cccc2c(CC(=O)C(C)C)cccc12. The summed E-state index contributed by atoms with van der Waals surface area (Å²) in [4.78, 5) is 23.9. The standard InChI is InChI=1S/C19H23NO3/c1-12(2)18(21)11-14-7-5-9-16-15(14)8-6-10-17(16)20-19(22)23-13(3)4/h5-10,12-13H,11H2,1-4H3,(H,20,22). The maximum Gasteiger partial charge on any atom is 0.411 e. The van der Waals surface area contributed by atoms with Crippen molar-refractivity contribution in [2.45, 2.75) is 40.2 Å². The number of ether oxygens (including phenoxy) is 1. The van der Waals surface area contributed by atoms with E-state index in [-0.39, 0.29) is 17.8 Å². The van der Waals surface area contributed by atoms with Crippen molar-refractivity contribution in [3.05, 3.63) is 42.0 Å². The number of carbonyl (C=O) groups is 2. The second-order valence-corrected chi connectivity index (χ2v) is 6.19. The van der Waals surface area contributed by atoms with Crippen LogP contribution in [0.5, 0.6) is 0 Å². The number of fused-ring (bicyclic) bond motifs is 1. The number of anilines is 1. The van der Waals surface area contributed by atoms with Crippen LogP contribution in [0, 0.1) is 5.92 Å². The Morgan fingerprint density at radius 1 is 1.00 bits per heavy atom. The van der Waals surface area contributed by atoms with Gasteiger partial charge in [0.05, 0.1) is 11.8 Å². The summed E-state index contributed by atoms with van der Waals surface area (Å²) in [5, 5.41) is 4.65. The van der Waals surface area contributed by atoms with Gasteiger partial charge in [-0.25, -0.2) is 4.79 Å². The molecule has 0 saturated heterocycles. The molecule has 0 aliphatic rings. The average molecular weight is 313 g/mol. The van der Waals surface area contributed by atoms with E-state index in [4.69, 9.17) is 4.74 Å². The van der Waals surface area contributed by atoms with Crippen LogP contribution >= 0.6 is 0 Å². The summed E-state index contributed by atoms with van der Waals surface area (Å²) in [5.74, 6) is 0.211. The lowest BCUT2D eigenvalue weighted by atomic mass is 9.96. The third-order valence-electron chi connectivity index (χ3n) is 3.60. The van der Waals surface area contributed by atoms with E-state index in [1.54, 1.807) is 13.8 Å². The van der Waals surface area contributed by atoms with Crippen LogP contribution < -0.4 is 5.32 Å². The van der Waals surface area contributed by atoms with Crippen molar-refractivity contribution in [1.82, 2.24) is 0 Å². The maximum atomic E-state index is 12.1. The number of rotatable bonds is 5. The molecule has 0 fully saturated rings. The minimum absolute atomic E-state index is 0.00702. The maximum absolute atomic E-state index is 12.1. The molecule has 1 N–H and O–H groups in total. The van der Waals surface area contributed by atoms with Crippen LogP contribution in [-0.2, 0) is 16.0 Å². The van der Waals surface area contributed by atoms with Crippen molar-refractivity contribution in [2.75, 3.05) is 5.32 Å². The molecule has 0 heterocycles. The van der Waals surface area contributed by atoms with E-state index in [1.807, 2.05) is 50.2 Å². The molecule has 0 aliphatic carbocycles. The van der Waals surface area contributed by atoms with Gasteiger partial charge in [0, 0.05) is 17.7 Å². The molecule has 0 aromatic heterocycles. The third kappa shape index (κ3) is 4.31. The van der Waals surface area contributed by atoms with Gasteiger partial charge in [0.15, 0.2) is 0 Å². The molecule has 0 aliphatic heterocycles. The van der Waals surface area contributed by atoms with Crippen LogP contribution in [0.2, 0.25) is 0 Å². The zero-order valence-corrected chi connectivity index (χ0v) is 14.1. The second kappa shape index (κ2) is 7.27. The highest BCUT2D eigenvalue weighted by Gasteiger charge is 2.13. The first kappa shape index (κ1) is 17.0. The minimum atomic E-state index is -0.476. The molecule has 4 heteroatoms. The van der Waals surface area contributed by atoms with Gasteiger partial charge in [-0.2, -0.15) is 0 Å². The van der Waals surface area contributed by atoms with E-state index in [0.717, 1.165) is 16.3 Å². The van der Waals surface area contributed by atoms with Gasteiger partial charge in [0.2, 0.25) is 0 Å². The van der Waals surface area contributed by atoms with Crippen LogP contribution in [0.1, 0.15) is 33.3 Å². The summed E-state index contributed by atoms with van der Waals surface area (Å²) in [6.07, 6.45) is -0.255. The van der Waals surface area contributed by atoms with Gasteiger partial charge in [-0.1, -0.05) is 44.2 Å². The first-order valence-electron chi connectivity index (χ1n) is 7.89. The molecule has 0 atom stereocenters. The van der Waals surface area contributed by atoms with Crippen molar-refractivity contribution < 1.29 is 14.3 Å². The van der Waals surface area contributed by atoms with Crippen LogP contribution in [-0.4, -0.2) is 18.0 Å². The first-order chi connectivity index (χ1) is 10.9. The quantitative estimate of drug-likeness (QED) is 0.880. The molecule has 122 valence electrons. The Labute approximate surface area is 136 Å². The van der Waals surface area contributed by atoms with Gasteiger partial charge in [-0.3, -0.25) is 10.1 Å². The van der Waals surface area contributed by atoms with E-state index >= 15 is 0 Å². The van der Waals surface area contributed by atoms with E-state index < -0.39 is 6.09 Å². The number of hydrogen-bond acceptors (Lipinski definition) is 3. The predicted molar refractivity (Wildman–Crippen MR) is 92.7 cm³/mol. The van der Waals surface area contributed by atoms with Crippen molar-refractivity contribution in [1.29, 1.82) is 0 Å². The summed E-state index contributed by atoms with van der Waals surface area (Å²) in [7, 11) is 0. The number of Topliss-reactive ketones (excluding diaryl/α,β-unsaturated/α-hetero) is 1. The molecule has 0 radical (unpaired) electrons. The fourth-order valence-corrected chi connectivity index (χ4v) is 2.38. The normalized spacial score (nSPS) is 11.0. The van der Waals surface area contributed by atoms with E-state index in [9.17, 15) is 9.59 Å². The van der Waals surface area contributed by atoms with Gasteiger partial charge in [-0.05, 0) is 30.9 Å². The molecule has 2 aromatic rings. The highest BCUT2D eigenvalue weighted by atomic mass is 16.6. The molecule has 2 aromatic carbocycles. The van der Waals surface area contributed by atoms with Gasteiger partial charge in [-0.15, -0.1) is 0 Å². The van der Waals surface area contributed by atoms with Crippen LogP contribution in [0.15, 0.2) is 36.4 Å². The van der Waals surface area contributed by atoms with E-state index in [2.05, 4.69) is 5.32 Å². The molecular formula is C19H23NO3. The zero-order valence-electron chi connectivity index (χ0n) is 14.1. The van der Waals surface area contributed by atoms with Gasteiger partial charge in [0.1, 0.15) is 5.78 Å². The third-order valence-corrected chi connectivity index (χ3v) is 3.60. The van der Waals surface area contributed by atoms with Crippen molar-refractivity contribution in [3.63, 3.8) is 0 Å². The Balaban J connectivity index is 2.34. The number of nitrogens with one attached hydrogen (secondary N) is 1. The molecule has 1 amide bonds. The monoisotopic (exact) mass is 313 g/mol. The highest BCUT2D eigenvalue weighted by Crippen LogP contribution is 2.27. The van der Waals surface area contributed by atoms with E-state index in [1.165, 1.54) is 0 Å². The Hall–Kier alpha value is -2.36. The summed E-state index contributed by atoms with van der Waals surface area (Å²) in [5.41, 5.74) is 1.66. The van der Waals surface area contributed by atoms with Gasteiger partial charge >= 0.3 is 6.09 Å². The molecule has 23 heavy (non-hydrogen) atoms. The Bertz CT molecular complexity index is 720. The van der Waals surface area contributed by atoms with Gasteiger partial charge in [0.25, 0.3) is 0 Å². The lowest BCUT2D eigenvalue weighted by Crippen LogP contribution is -2.18. The summed E-state index contributed by atoms with van der Waals surface area (Å²) < 4.78 is 5.13. The number of ketones is 1. The number of hydrogen-bond donors (Lipinski definition) is 1. The summed E-state index contributed by atoms with van der Waals surface area (Å²) in [6, 6.07) is 11.5. The lowest BCUT2D eigenvalue weighted by molar-refractivity contribution is -0.121. The molecule has 0 spiro atoms. The van der Waals surface area contributed by atoms with Crippen molar-refractivity contribution in [2.24, 2.45) is 5.92 Å². The topological polar surface area (TPSA) is 55.4 Å². The van der Waals surface area contributed by atoms with Crippen LogP contribution in [0.4, 0.5) is 10.5 Å². The molecule has 2 rings (SSSR count). The Morgan fingerprint density at radius 3 is 2.30 bits per heavy atom. The number of benzene rings is 2. The fourth-order valence-electron chi connectivity index (χ4n) is 2.38. The predicted octanol–water partition coefficient (Wildman–Crippen LogP) is 4.56. The molecule has 0 unspecified atom stereocenters. The lowest BCUT2D eigenvalue weighted by Gasteiger charge is -2.13. The van der Waals surface area contributed by atoms with Gasteiger partial charge < -0.3 is 4.74 Å². The van der Waals surface area contributed by atoms with Crippen molar-refractivity contribution >= 4 is 28.3 Å². The number of carbonyl (C=O) groups excluding carboxylic acids is 2.